The molecule has 1 fully saturated rings. The molecule has 3 N–H and O–H groups in total. The van der Waals surface area contributed by atoms with Crippen LogP contribution >= 0.6 is 0 Å². The second-order valence-electron chi connectivity index (χ2n) is 3.56. The predicted octanol–water partition coefficient (Wildman–Crippen LogP) is 0.766. The van der Waals surface area contributed by atoms with Crippen LogP contribution in [-0.4, -0.2) is 27.8 Å². The molecule has 0 aromatic carbocycles. The van der Waals surface area contributed by atoms with E-state index in [0.717, 1.165) is 12.5 Å². The number of nitrogen functional groups attached to an aromatic ring is 1. The largest absolute Gasteiger partial charge is 0.368 e. The van der Waals surface area contributed by atoms with E-state index in [0.29, 0.717) is 12.0 Å². The Morgan fingerprint density at radius 3 is 3.00 bits per heavy atom. The van der Waals surface area contributed by atoms with Crippen LogP contribution in [0.4, 0.5) is 11.9 Å². The van der Waals surface area contributed by atoms with Crippen LogP contribution in [0.3, 0.4) is 0 Å². The van der Waals surface area contributed by atoms with E-state index in [1.165, 1.54) is 19.3 Å². The van der Waals surface area contributed by atoms with Crippen molar-refractivity contribution in [3.05, 3.63) is 0 Å². The number of anilines is 2. The zero-order valence-electron chi connectivity index (χ0n) is 7.82. The van der Waals surface area contributed by atoms with E-state index in [1.807, 2.05) is 0 Å². The minimum Gasteiger partial charge on any atom is -0.368 e. The van der Waals surface area contributed by atoms with Crippen molar-refractivity contribution < 1.29 is 0 Å². The third kappa shape index (κ3) is 1.59. The number of rotatable bonds is 1. The first-order valence-electron chi connectivity index (χ1n) is 4.72. The van der Waals surface area contributed by atoms with Crippen LogP contribution in [0, 0.1) is 0 Å². The highest BCUT2D eigenvalue weighted by Crippen LogP contribution is 2.21. The minimum absolute atomic E-state index is 0.396. The van der Waals surface area contributed by atoms with Crippen LogP contribution < -0.4 is 10.6 Å². The van der Waals surface area contributed by atoms with Crippen molar-refractivity contribution in [2.75, 3.05) is 17.2 Å². The molecule has 5 heteroatoms. The molecule has 2 rings (SSSR count). The molecule has 1 aromatic heterocycles. The van der Waals surface area contributed by atoms with Crippen LogP contribution in [0.1, 0.15) is 26.2 Å². The van der Waals surface area contributed by atoms with Gasteiger partial charge in [0.1, 0.15) is 0 Å². The lowest BCUT2D eigenvalue weighted by molar-refractivity contribution is 0.477. The van der Waals surface area contributed by atoms with Crippen LogP contribution in [0.15, 0.2) is 0 Å². The Hall–Kier alpha value is -1.26. The van der Waals surface area contributed by atoms with Gasteiger partial charge in [-0.25, -0.2) is 5.10 Å². The van der Waals surface area contributed by atoms with Gasteiger partial charge in [-0.15, -0.1) is 5.10 Å². The number of hydrogen-bond acceptors (Lipinski definition) is 4. The van der Waals surface area contributed by atoms with Crippen molar-refractivity contribution in [2.45, 2.75) is 32.2 Å². The fourth-order valence-electron chi connectivity index (χ4n) is 1.79. The number of piperidine rings is 1. The summed E-state index contributed by atoms with van der Waals surface area (Å²) >= 11 is 0. The molecule has 0 aliphatic carbocycles. The van der Waals surface area contributed by atoms with E-state index < -0.39 is 0 Å². The first kappa shape index (κ1) is 8.34. The fourth-order valence-corrected chi connectivity index (χ4v) is 1.79. The molecular formula is C8H15N5. The Kier molecular flexibility index (Phi) is 2.08. The average Bonchev–Trinajstić information content (AvgIpc) is 2.53. The maximum Gasteiger partial charge on any atom is 0.246 e. The second-order valence-corrected chi connectivity index (χ2v) is 3.56. The third-order valence-electron chi connectivity index (χ3n) is 2.55. The third-order valence-corrected chi connectivity index (χ3v) is 2.55. The smallest absolute Gasteiger partial charge is 0.246 e. The zero-order valence-corrected chi connectivity index (χ0v) is 7.82. The Bertz CT molecular complexity index is 282. The van der Waals surface area contributed by atoms with Crippen molar-refractivity contribution in [3.8, 4) is 0 Å². The molecule has 13 heavy (non-hydrogen) atoms. The lowest BCUT2D eigenvalue weighted by atomic mass is 10.0. The van der Waals surface area contributed by atoms with E-state index in [2.05, 4.69) is 27.0 Å². The van der Waals surface area contributed by atoms with Crippen LogP contribution in [0.25, 0.3) is 0 Å². The Morgan fingerprint density at radius 1 is 1.54 bits per heavy atom. The molecule has 0 bridgehead atoms. The molecule has 0 spiro atoms. The molecule has 1 aliphatic heterocycles. The normalized spacial score (nSPS) is 23.5. The first-order valence-corrected chi connectivity index (χ1v) is 4.72. The summed E-state index contributed by atoms with van der Waals surface area (Å²) in [6, 6.07) is 0.531. The molecule has 1 unspecified atom stereocenters. The summed E-state index contributed by atoms with van der Waals surface area (Å²) in [4.78, 5) is 6.33. The molecule has 1 saturated heterocycles. The van der Waals surface area contributed by atoms with Gasteiger partial charge >= 0.3 is 0 Å². The Balaban J connectivity index is 2.14. The summed E-state index contributed by atoms with van der Waals surface area (Å²) in [5.41, 5.74) is 5.47. The highest BCUT2D eigenvalue weighted by molar-refractivity contribution is 5.35. The van der Waals surface area contributed by atoms with Gasteiger partial charge in [-0.2, -0.15) is 4.98 Å². The number of nitrogens with zero attached hydrogens (tertiary/aromatic N) is 3. The van der Waals surface area contributed by atoms with Crippen molar-refractivity contribution in [3.63, 3.8) is 0 Å². The first-order chi connectivity index (χ1) is 6.27. The molecule has 1 aromatic rings. The molecule has 0 radical (unpaired) electrons. The van der Waals surface area contributed by atoms with Crippen molar-refractivity contribution >= 4 is 11.9 Å². The average molecular weight is 181 g/mol. The van der Waals surface area contributed by atoms with Crippen molar-refractivity contribution in [2.24, 2.45) is 0 Å². The summed E-state index contributed by atoms with van der Waals surface area (Å²) in [5, 5.41) is 6.72. The van der Waals surface area contributed by atoms with Gasteiger partial charge in [0.25, 0.3) is 0 Å². The van der Waals surface area contributed by atoms with Crippen molar-refractivity contribution in [1.82, 2.24) is 15.2 Å². The van der Waals surface area contributed by atoms with Gasteiger partial charge in [-0.05, 0) is 26.2 Å². The van der Waals surface area contributed by atoms with Crippen LogP contribution in [0.5, 0.6) is 0 Å². The summed E-state index contributed by atoms with van der Waals surface area (Å²) < 4.78 is 0. The van der Waals surface area contributed by atoms with E-state index in [-0.39, 0.29) is 0 Å². The molecule has 72 valence electrons. The van der Waals surface area contributed by atoms with E-state index in [4.69, 9.17) is 5.73 Å². The lowest BCUT2D eigenvalue weighted by Gasteiger charge is -2.32. The quantitative estimate of drug-likeness (QED) is 0.671. The fraction of sp³-hybridized carbons (Fsp3) is 0.750. The number of hydrogen-bond donors (Lipinski definition) is 2. The van der Waals surface area contributed by atoms with Gasteiger partial charge in [0.05, 0.1) is 0 Å². The molecule has 0 saturated carbocycles. The highest BCUT2D eigenvalue weighted by atomic mass is 15.4. The molecule has 2 heterocycles. The molecule has 1 atom stereocenters. The molecular weight excluding hydrogens is 166 g/mol. The zero-order chi connectivity index (χ0) is 9.26. The van der Waals surface area contributed by atoms with Gasteiger partial charge < -0.3 is 10.6 Å². The summed E-state index contributed by atoms with van der Waals surface area (Å²) in [5.74, 6) is 1.14. The predicted molar refractivity (Wildman–Crippen MR) is 51.5 cm³/mol. The summed E-state index contributed by atoms with van der Waals surface area (Å²) in [7, 11) is 0. The second kappa shape index (κ2) is 3.24. The van der Waals surface area contributed by atoms with Gasteiger partial charge in [-0.3, -0.25) is 0 Å². The maximum absolute atomic E-state index is 5.47. The number of H-pyrrole nitrogens is 1. The summed E-state index contributed by atoms with van der Waals surface area (Å²) in [6.45, 7) is 3.24. The number of aromatic amines is 1. The minimum atomic E-state index is 0.396. The van der Waals surface area contributed by atoms with E-state index in [9.17, 15) is 0 Å². The SMILES string of the molecule is CC1CCCCN1c1n[nH]c(N)n1. The van der Waals surface area contributed by atoms with E-state index >= 15 is 0 Å². The number of nitrogens with one attached hydrogen (secondary N) is 1. The van der Waals surface area contributed by atoms with Gasteiger partial charge in [0, 0.05) is 12.6 Å². The van der Waals surface area contributed by atoms with Crippen LogP contribution in [0.2, 0.25) is 0 Å². The van der Waals surface area contributed by atoms with E-state index in [1.54, 1.807) is 0 Å². The summed E-state index contributed by atoms with van der Waals surface area (Å²) in [6.07, 6.45) is 3.74. The highest BCUT2D eigenvalue weighted by Gasteiger charge is 2.21. The van der Waals surface area contributed by atoms with Crippen molar-refractivity contribution in [1.29, 1.82) is 0 Å². The van der Waals surface area contributed by atoms with Gasteiger partial charge in [-0.1, -0.05) is 0 Å². The monoisotopic (exact) mass is 181 g/mol. The number of aromatic nitrogens is 3. The van der Waals surface area contributed by atoms with Gasteiger partial charge in [0.15, 0.2) is 0 Å². The standard InChI is InChI=1S/C8H15N5/c1-6-4-2-3-5-13(6)8-10-7(9)11-12-8/h6H,2-5H2,1H3,(H3,9,10,11,12). The number of nitrogens with two attached hydrogens (primary N) is 1. The lowest BCUT2D eigenvalue weighted by Crippen LogP contribution is -2.38. The topological polar surface area (TPSA) is 70.8 Å². The Labute approximate surface area is 77.3 Å². The van der Waals surface area contributed by atoms with Crippen LogP contribution in [-0.2, 0) is 0 Å². The van der Waals surface area contributed by atoms with Gasteiger partial charge in [0.2, 0.25) is 11.9 Å². The Morgan fingerprint density at radius 2 is 2.38 bits per heavy atom. The molecule has 5 nitrogen and oxygen atoms in total. The molecule has 1 aliphatic rings. The maximum atomic E-state index is 5.47. The molecule has 0 amide bonds.